The zero-order chi connectivity index (χ0) is 17.6. The van der Waals surface area contributed by atoms with Crippen molar-refractivity contribution in [3.8, 4) is 0 Å². The van der Waals surface area contributed by atoms with Gasteiger partial charge in [0.05, 0.1) is 0 Å². The van der Waals surface area contributed by atoms with Crippen LogP contribution in [-0.2, 0) is 4.79 Å². The van der Waals surface area contributed by atoms with E-state index in [0.717, 1.165) is 64.7 Å². The second kappa shape index (κ2) is 6.45. The monoisotopic (exact) mass is 349 g/mol. The fourth-order valence-corrected chi connectivity index (χ4v) is 5.87. The van der Waals surface area contributed by atoms with Crippen LogP contribution in [0, 0.1) is 5.41 Å². The molecule has 2 atom stereocenters. The Balaban J connectivity index is 1.28. The molecule has 25 heavy (non-hydrogen) atoms. The average molecular weight is 349 g/mol. The van der Waals surface area contributed by atoms with Gasteiger partial charge in [-0.2, -0.15) is 0 Å². The lowest BCUT2D eigenvalue weighted by Gasteiger charge is -2.47. The second-order valence-electron chi connectivity index (χ2n) is 8.70. The van der Waals surface area contributed by atoms with Crippen LogP contribution < -0.4 is 0 Å². The SMILES string of the molecule is CC[C@@H]1CCC(=O)N1C1CCN(C2CCC3(C2)CN(C(=O)O)C3)CC1. The van der Waals surface area contributed by atoms with Gasteiger partial charge in [-0.05, 0) is 44.9 Å². The van der Waals surface area contributed by atoms with Gasteiger partial charge in [0.2, 0.25) is 5.91 Å². The zero-order valence-corrected chi connectivity index (χ0v) is 15.3. The van der Waals surface area contributed by atoms with E-state index in [0.29, 0.717) is 24.0 Å². The molecule has 6 heteroatoms. The van der Waals surface area contributed by atoms with Gasteiger partial charge in [0.1, 0.15) is 0 Å². The van der Waals surface area contributed by atoms with Gasteiger partial charge in [-0.15, -0.1) is 0 Å². The van der Waals surface area contributed by atoms with E-state index >= 15 is 0 Å². The van der Waals surface area contributed by atoms with Crippen LogP contribution in [0.5, 0.6) is 0 Å². The molecule has 4 fully saturated rings. The minimum absolute atomic E-state index is 0.262. The lowest BCUT2D eigenvalue weighted by Crippen LogP contribution is -2.57. The fraction of sp³-hybridized carbons (Fsp3) is 0.895. The average Bonchev–Trinajstić information content (AvgIpc) is 3.17. The predicted octanol–water partition coefficient (Wildman–Crippen LogP) is 2.38. The molecule has 0 radical (unpaired) electrons. The summed E-state index contributed by atoms with van der Waals surface area (Å²) in [4.78, 5) is 29.7. The van der Waals surface area contributed by atoms with E-state index in [-0.39, 0.29) is 5.41 Å². The van der Waals surface area contributed by atoms with E-state index in [4.69, 9.17) is 5.11 Å². The topological polar surface area (TPSA) is 64.1 Å². The highest BCUT2D eigenvalue weighted by molar-refractivity contribution is 5.79. The summed E-state index contributed by atoms with van der Waals surface area (Å²) in [6.45, 7) is 5.84. The number of carboxylic acid groups (broad SMARTS) is 1. The molecule has 140 valence electrons. The number of amides is 2. The summed E-state index contributed by atoms with van der Waals surface area (Å²) in [5, 5.41) is 9.07. The molecule has 1 spiro atoms. The van der Waals surface area contributed by atoms with Crippen molar-refractivity contribution in [2.75, 3.05) is 26.2 Å². The summed E-state index contributed by atoms with van der Waals surface area (Å²) >= 11 is 0. The Morgan fingerprint density at radius 3 is 2.52 bits per heavy atom. The molecule has 4 aliphatic rings. The Labute approximate surface area is 150 Å². The molecule has 0 aromatic heterocycles. The van der Waals surface area contributed by atoms with Gasteiger partial charge in [-0.1, -0.05) is 6.92 Å². The standard InChI is InChI=1S/C19H31N3O3/c1-2-14-3-4-17(23)22(14)15-6-9-20(10-7-15)16-5-8-19(11-16)12-21(13-19)18(24)25/h14-16H,2-13H2,1H3,(H,24,25)/t14-,16?/m1/s1. The Bertz CT molecular complexity index is 538. The van der Waals surface area contributed by atoms with Crippen molar-refractivity contribution in [3.63, 3.8) is 0 Å². The summed E-state index contributed by atoms with van der Waals surface area (Å²) in [7, 11) is 0. The van der Waals surface area contributed by atoms with Gasteiger partial charge in [0.25, 0.3) is 0 Å². The molecule has 0 bridgehead atoms. The molecule has 4 rings (SSSR count). The maximum absolute atomic E-state index is 12.3. The van der Waals surface area contributed by atoms with Gasteiger partial charge in [-0.3, -0.25) is 4.79 Å². The highest BCUT2D eigenvalue weighted by Crippen LogP contribution is 2.47. The van der Waals surface area contributed by atoms with Gasteiger partial charge >= 0.3 is 6.09 Å². The fourth-order valence-electron chi connectivity index (χ4n) is 5.87. The summed E-state index contributed by atoms with van der Waals surface area (Å²) in [6, 6.07) is 1.53. The van der Waals surface area contributed by atoms with Gasteiger partial charge < -0.3 is 19.8 Å². The normalized spacial score (nSPS) is 33.2. The van der Waals surface area contributed by atoms with Crippen LogP contribution in [0.15, 0.2) is 0 Å². The van der Waals surface area contributed by atoms with E-state index in [1.54, 1.807) is 4.90 Å². The van der Waals surface area contributed by atoms with Crippen LogP contribution in [0.4, 0.5) is 4.79 Å². The number of likely N-dealkylation sites (tertiary alicyclic amines) is 3. The minimum Gasteiger partial charge on any atom is -0.465 e. The molecule has 0 aromatic rings. The number of carbonyl (C=O) groups is 2. The number of rotatable bonds is 3. The smallest absolute Gasteiger partial charge is 0.407 e. The van der Waals surface area contributed by atoms with E-state index in [9.17, 15) is 9.59 Å². The third-order valence-corrected chi connectivity index (χ3v) is 7.25. The lowest BCUT2D eigenvalue weighted by molar-refractivity contribution is -0.132. The third kappa shape index (κ3) is 3.03. The molecule has 6 nitrogen and oxygen atoms in total. The summed E-state index contributed by atoms with van der Waals surface area (Å²) in [6.07, 6.45) is 7.84. The van der Waals surface area contributed by atoms with Crippen molar-refractivity contribution in [1.82, 2.24) is 14.7 Å². The first-order valence-corrected chi connectivity index (χ1v) is 10.0. The molecule has 1 unspecified atom stereocenters. The Morgan fingerprint density at radius 2 is 1.88 bits per heavy atom. The molecular formula is C19H31N3O3. The first kappa shape index (κ1) is 17.1. The highest BCUT2D eigenvalue weighted by atomic mass is 16.4. The van der Waals surface area contributed by atoms with Crippen LogP contribution in [0.2, 0.25) is 0 Å². The molecule has 1 N–H and O–H groups in total. The number of nitrogens with zero attached hydrogens (tertiary/aromatic N) is 3. The molecule has 3 saturated heterocycles. The molecule has 3 heterocycles. The molecule has 3 aliphatic heterocycles. The van der Waals surface area contributed by atoms with E-state index in [1.807, 2.05) is 0 Å². The van der Waals surface area contributed by atoms with Crippen molar-refractivity contribution >= 4 is 12.0 Å². The molecule has 1 saturated carbocycles. The Hall–Kier alpha value is -1.30. The maximum Gasteiger partial charge on any atom is 0.407 e. The lowest BCUT2D eigenvalue weighted by atomic mass is 9.78. The van der Waals surface area contributed by atoms with Crippen LogP contribution in [0.25, 0.3) is 0 Å². The van der Waals surface area contributed by atoms with Crippen molar-refractivity contribution < 1.29 is 14.7 Å². The first-order valence-electron chi connectivity index (χ1n) is 10.0. The van der Waals surface area contributed by atoms with Crippen molar-refractivity contribution in [2.45, 2.75) is 76.4 Å². The highest BCUT2D eigenvalue weighted by Gasteiger charge is 2.51. The molecule has 0 aromatic carbocycles. The van der Waals surface area contributed by atoms with Crippen molar-refractivity contribution in [2.24, 2.45) is 5.41 Å². The zero-order valence-electron chi connectivity index (χ0n) is 15.3. The largest absolute Gasteiger partial charge is 0.465 e. The Morgan fingerprint density at radius 1 is 1.16 bits per heavy atom. The molecule has 1 aliphatic carbocycles. The number of piperidine rings is 1. The van der Waals surface area contributed by atoms with E-state index < -0.39 is 6.09 Å². The Kier molecular flexibility index (Phi) is 4.42. The summed E-state index contributed by atoms with van der Waals surface area (Å²) in [5.41, 5.74) is 0.262. The van der Waals surface area contributed by atoms with Gasteiger partial charge in [0, 0.05) is 56.1 Å². The van der Waals surface area contributed by atoms with Gasteiger partial charge in [0.15, 0.2) is 0 Å². The van der Waals surface area contributed by atoms with E-state index in [1.165, 1.54) is 12.8 Å². The second-order valence-corrected chi connectivity index (χ2v) is 8.70. The van der Waals surface area contributed by atoms with Crippen molar-refractivity contribution in [1.29, 1.82) is 0 Å². The minimum atomic E-state index is -0.768. The summed E-state index contributed by atoms with van der Waals surface area (Å²) < 4.78 is 0. The van der Waals surface area contributed by atoms with Crippen LogP contribution in [0.1, 0.15) is 58.3 Å². The van der Waals surface area contributed by atoms with Gasteiger partial charge in [-0.25, -0.2) is 4.79 Å². The quantitative estimate of drug-likeness (QED) is 0.850. The first-order chi connectivity index (χ1) is 12.0. The molecule has 2 amide bonds. The van der Waals surface area contributed by atoms with Crippen molar-refractivity contribution in [3.05, 3.63) is 0 Å². The number of hydrogen-bond donors (Lipinski definition) is 1. The number of carbonyl (C=O) groups excluding carboxylic acids is 1. The van der Waals surface area contributed by atoms with Crippen LogP contribution in [-0.4, -0.2) is 76.1 Å². The summed E-state index contributed by atoms with van der Waals surface area (Å²) in [5.74, 6) is 0.369. The molecular weight excluding hydrogens is 318 g/mol. The van der Waals surface area contributed by atoms with Crippen LogP contribution >= 0.6 is 0 Å². The van der Waals surface area contributed by atoms with E-state index in [2.05, 4.69) is 16.7 Å². The predicted molar refractivity (Wildman–Crippen MR) is 94.4 cm³/mol. The number of hydrogen-bond acceptors (Lipinski definition) is 3. The third-order valence-electron chi connectivity index (χ3n) is 7.25. The maximum atomic E-state index is 12.3. The van der Waals surface area contributed by atoms with Crippen LogP contribution in [0.3, 0.4) is 0 Å².